The molecule has 126 valence electrons. The SMILES string of the molecule is COc1cccc(CCN(CCC(=O)N2CCCC2)C(C)=O)c1. The minimum atomic E-state index is 0.0159. The first kappa shape index (κ1) is 17.3. The number of rotatable bonds is 7. The minimum Gasteiger partial charge on any atom is -0.497 e. The number of benzene rings is 1. The fourth-order valence-electron chi connectivity index (χ4n) is 2.87. The second-order valence-corrected chi connectivity index (χ2v) is 5.95. The molecule has 2 amide bonds. The predicted molar refractivity (Wildman–Crippen MR) is 89.4 cm³/mol. The summed E-state index contributed by atoms with van der Waals surface area (Å²) in [5.74, 6) is 0.998. The van der Waals surface area contributed by atoms with Crippen LogP contribution in [0, 0.1) is 0 Å². The number of hydrogen-bond acceptors (Lipinski definition) is 3. The van der Waals surface area contributed by atoms with Crippen molar-refractivity contribution in [2.24, 2.45) is 0 Å². The smallest absolute Gasteiger partial charge is 0.224 e. The van der Waals surface area contributed by atoms with Crippen LogP contribution in [-0.4, -0.2) is 54.9 Å². The van der Waals surface area contributed by atoms with Crippen LogP contribution in [0.25, 0.3) is 0 Å². The molecule has 0 spiro atoms. The van der Waals surface area contributed by atoms with Crippen LogP contribution in [0.4, 0.5) is 0 Å². The largest absolute Gasteiger partial charge is 0.497 e. The molecule has 0 N–H and O–H groups in total. The van der Waals surface area contributed by atoms with Gasteiger partial charge in [0.25, 0.3) is 0 Å². The number of likely N-dealkylation sites (tertiary alicyclic amines) is 1. The van der Waals surface area contributed by atoms with Crippen molar-refractivity contribution in [1.82, 2.24) is 9.80 Å². The van der Waals surface area contributed by atoms with Gasteiger partial charge in [-0.2, -0.15) is 0 Å². The second kappa shape index (κ2) is 8.56. The Morgan fingerprint density at radius 2 is 1.96 bits per heavy atom. The van der Waals surface area contributed by atoms with E-state index in [1.165, 1.54) is 0 Å². The molecule has 0 radical (unpaired) electrons. The van der Waals surface area contributed by atoms with Crippen LogP contribution in [0.1, 0.15) is 31.7 Å². The van der Waals surface area contributed by atoms with E-state index in [4.69, 9.17) is 4.74 Å². The topological polar surface area (TPSA) is 49.9 Å². The Hall–Kier alpha value is -2.04. The van der Waals surface area contributed by atoms with Gasteiger partial charge < -0.3 is 14.5 Å². The molecule has 0 saturated carbocycles. The normalized spacial score (nSPS) is 13.9. The third kappa shape index (κ3) is 5.27. The number of hydrogen-bond donors (Lipinski definition) is 0. The van der Waals surface area contributed by atoms with Crippen LogP contribution in [0.5, 0.6) is 5.75 Å². The van der Waals surface area contributed by atoms with Crippen LogP contribution in [0.15, 0.2) is 24.3 Å². The fourth-order valence-corrected chi connectivity index (χ4v) is 2.87. The zero-order valence-corrected chi connectivity index (χ0v) is 14.1. The highest BCUT2D eigenvalue weighted by molar-refractivity contribution is 5.78. The summed E-state index contributed by atoms with van der Waals surface area (Å²) in [4.78, 5) is 27.6. The lowest BCUT2D eigenvalue weighted by molar-refractivity contribution is -0.132. The van der Waals surface area contributed by atoms with Gasteiger partial charge in [-0.3, -0.25) is 9.59 Å². The molecule has 1 aromatic carbocycles. The van der Waals surface area contributed by atoms with Crippen molar-refractivity contribution in [1.29, 1.82) is 0 Å². The third-order valence-corrected chi connectivity index (χ3v) is 4.30. The predicted octanol–water partition coefficient (Wildman–Crippen LogP) is 2.10. The van der Waals surface area contributed by atoms with Gasteiger partial charge in [-0.05, 0) is 37.0 Å². The molecule has 1 saturated heterocycles. The van der Waals surface area contributed by atoms with Crippen LogP contribution in [0.2, 0.25) is 0 Å². The number of amides is 2. The lowest BCUT2D eigenvalue weighted by atomic mass is 10.1. The average molecular weight is 318 g/mol. The summed E-state index contributed by atoms with van der Waals surface area (Å²) in [6, 6.07) is 7.86. The van der Waals surface area contributed by atoms with Gasteiger partial charge in [-0.15, -0.1) is 0 Å². The number of ether oxygens (including phenoxy) is 1. The van der Waals surface area contributed by atoms with Crippen molar-refractivity contribution in [3.05, 3.63) is 29.8 Å². The van der Waals surface area contributed by atoms with E-state index in [1.54, 1.807) is 18.9 Å². The molecule has 0 aliphatic carbocycles. The van der Waals surface area contributed by atoms with Crippen molar-refractivity contribution in [2.45, 2.75) is 32.6 Å². The van der Waals surface area contributed by atoms with Crippen molar-refractivity contribution >= 4 is 11.8 Å². The minimum absolute atomic E-state index is 0.0159. The molecule has 1 aliphatic rings. The maximum atomic E-state index is 12.1. The third-order valence-electron chi connectivity index (χ3n) is 4.30. The van der Waals surface area contributed by atoms with Crippen molar-refractivity contribution in [2.75, 3.05) is 33.3 Å². The Bertz CT molecular complexity index is 539. The van der Waals surface area contributed by atoms with Gasteiger partial charge in [-0.25, -0.2) is 0 Å². The summed E-state index contributed by atoms with van der Waals surface area (Å²) in [5.41, 5.74) is 1.13. The molecule has 5 heteroatoms. The fraction of sp³-hybridized carbons (Fsp3) is 0.556. The average Bonchev–Trinajstić information content (AvgIpc) is 3.09. The monoisotopic (exact) mass is 318 g/mol. The maximum absolute atomic E-state index is 12.1. The lowest BCUT2D eigenvalue weighted by Crippen LogP contribution is -2.36. The van der Waals surface area contributed by atoms with E-state index in [1.807, 2.05) is 29.2 Å². The van der Waals surface area contributed by atoms with Gasteiger partial charge >= 0.3 is 0 Å². The van der Waals surface area contributed by atoms with E-state index in [0.29, 0.717) is 19.5 Å². The van der Waals surface area contributed by atoms with Crippen molar-refractivity contribution < 1.29 is 14.3 Å². The molecular weight excluding hydrogens is 292 g/mol. The zero-order valence-electron chi connectivity index (χ0n) is 14.1. The van der Waals surface area contributed by atoms with E-state index in [2.05, 4.69) is 0 Å². The highest BCUT2D eigenvalue weighted by Gasteiger charge is 2.19. The van der Waals surface area contributed by atoms with Gasteiger partial charge in [0, 0.05) is 39.5 Å². The molecule has 1 aromatic rings. The molecule has 0 bridgehead atoms. The molecular formula is C18H26N2O3. The van der Waals surface area contributed by atoms with Crippen LogP contribution < -0.4 is 4.74 Å². The van der Waals surface area contributed by atoms with Gasteiger partial charge in [-0.1, -0.05) is 12.1 Å². The Balaban J connectivity index is 1.83. The molecule has 1 heterocycles. The van der Waals surface area contributed by atoms with Crippen molar-refractivity contribution in [3.8, 4) is 5.75 Å². The Labute approximate surface area is 138 Å². The number of carbonyl (C=O) groups is 2. The molecule has 1 fully saturated rings. The summed E-state index contributed by atoms with van der Waals surface area (Å²) >= 11 is 0. The maximum Gasteiger partial charge on any atom is 0.224 e. The first-order valence-electron chi connectivity index (χ1n) is 8.26. The molecule has 23 heavy (non-hydrogen) atoms. The second-order valence-electron chi connectivity index (χ2n) is 5.95. The van der Waals surface area contributed by atoms with E-state index < -0.39 is 0 Å². The molecule has 0 unspecified atom stereocenters. The molecule has 5 nitrogen and oxygen atoms in total. The Morgan fingerprint density at radius 1 is 1.22 bits per heavy atom. The quantitative estimate of drug-likeness (QED) is 0.773. The van der Waals surface area contributed by atoms with Crippen LogP contribution in [0.3, 0.4) is 0 Å². The standard InChI is InChI=1S/C18H26N2O3/c1-15(21)19(13-9-18(22)20-10-3-4-11-20)12-8-16-6-5-7-17(14-16)23-2/h5-7,14H,3-4,8-13H2,1-2H3. The van der Waals surface area contributed by atoms with Gasteiger partial charge in [0.1, 0.15) is 5.75 Å². The molecule has 2 rings (SSSR count). The van der Waals surface area contributed by atoms with Gasteiger partial charge in [0.05, 0.1) is 7.11 Å². The van der Waals surface area contributed by atoms with Crippen molar-refractivity contribution in [3.63, 3.8) is 0 Å². The number of methoxy groups -OCH3 is 1. The highest BCUT2D eigenvalue weighted by Crippen LogP contribution is 2.14. The van der Waals surface area contributed by atoms with Gasteiger partial charge in [0.15, 0.2) is 0 Å². The number of nitrogens with zero attached hydrogens (tertiary/aromatic N) is 2. The van der Waals surface area contributed by atoms with Gasteiger partial charge in [0.2, 0.25) is 11.8 Å². The lowest BCUT2D eigenvalue weighted by Gasteiger charge is -2.22. The van der Waals surface area contributed by atoms with E-state index in [0.717, 1.165) is 43.7 Å². The first-order chi connectivity index (χ1) is 11.1. The van der Waals surface area contributed by atoms with Crippen LogP contribution >= 0.6 is 0 Å². The van der Waals surface area contributed by atoms with Crippen LogP contribution in [-0.2, 0) is 16.0 Å². The zero-order chi connectivity index (χ0) is 16.7. The molecule has 0 atom stereocenters. The summed E-state index contributed by atoms with van der Waals surface area (Å²) in [6.07, 6.45) is 3.36. The molecule has 1 aliphatic heterocycles. The van der Waals surface area contributed by atoms with E-state index in [9.17, 15) is 9.59 Å². The number of carbonyl (C=O) groups excluding carboxylic acids is 2. The molecule has 0 aromatic heterocycles. The van der Waals surface area contributed by atoms with E-state index >= 15 is 0 Å². The Kier molecular flexibility index (Phi) is 6.44. The van der Waals surface area contributed by atoms with E-state index in [-0.39, 0.29) is 11.8 Å². The Morgan fingerprint density at radius 3 is 2.61 bits per heavy atom. The summed E-state index contributed by atoms with van der Waals surface area (Å²) < 4.78 is 5.21. The highest BCUT2D eigenvalue weighted by atomic mass is 16.5. The first-order valence-corrected chi connectivity index (χ1v) is 8.26. The summed E-state index contributed by atoms with van der Waals surface area (Å²) in [5, 5.41) is 0. The summed E-state index contributed by atoms with van der Waals surface area (Å²) in [7, 11) is 1.64. The summed E-state index contributed by atoms with van der Waals surface area (Å²) in [6.45, 7) is 4.40.